The van der Waals surface area contributed by atoms with Crippen molar-refractivity contribution in [1.29, 1.82) is 0 Å². The molecule has 1 aliphatic rings. The van der Waals surface area contributed by atoms with Crippen LogP contribution in [0.15, 0.2) is 0 Å². The van der Waals surface area contributed by atoms with Crippen LogP contribution in [-0.4, -0.2) is 85.6 Å². The van der Waals surface area contributed by atoms with Gasteiger partial charge in [0.1, 0.15) is 0 Å². The van der Waals surface area contributed by atoms with Gasteiger partial charge >= 0.3 is 8.56 Å². The maximum atomic E-state index is 5.70. The number of ether oxygens (including phenoxy) is 1. The summed E-state index contributed by atoms with van der Waals surface area (Å²) < 4.78 is 16.6. The molecule has 1 aliphatic heterocycles. The van der Waals surface area contributed by atoms with E-state index in [1.807, 2.05) is 0 Å². The van der Waals surface area contributed by atoms with E-state index in [1.54, 1.807) is 14.2 Å². The first-order chi connectivity index (χ1) is 9.09. The van der Waals surface area contributed by atoms with Crippen LogP contribution in [0.5, 0.6) is 0 Å². The van der Waals surface area contributed by atoms with Gasteiger partial charge in [0.05, 0.1) is 6.61 Å². The highest BCUT2D eigenvalue weighted by Gasteiger charge is 2.27. The van der Waals surface area contributed by atoms with Crippen LogP contribution < -0.4 is 0 Å². The lowest BCUT2D eigenvalue weighted by Gasteiger charge is -2.32. The number of hydrogen-bond donors (Lipinski definition) is 0. The third-order valence-corrected chi connectivity index (χ3v) is 6.92. The second kappa shape index (κ2) is 9.04. The average molecular weight is 290 g/mol. The Bertz CT molecular complexity index is 232. The molecule has 0 aromatic heterocycles. The summed E-state index contributed by atoms with van der Waals surface area (Å²) in [5.74, 6) is 0. The van der Waals surface area contributed by atoms with Gasteiger partial charge in [0, 0.05) is 53.6 Å². The molecule has 19 heavy (non-hydrogen) atoms. The highest BCUT2D eigenvalue weighted by molar-refractivity contribution is 6.65. The van der Waals surface area contributed by atoms with Crippen LogP contribution in [0.25, 0.3) is 0 Å². The topological polar surface area (TPSA) is 34.2 Å². The van der Waals surface area contributed by atoms with Crippen molar-refractivity contribution in [3.05, 3.63) is 0 Å². The van der Waals surface area contributed by atoms with Gasteiger partial charge in [-0.3, -0.25) is 4.90 Å². The molecule has 0 unspecified atom stereocenters. The van der Waals surface area contributed by atoms with Gasteiger partial charge in [-0.25, -0.2) is 0 Å². The van der Waals surface area contributed by atoms with Crippen LogP contribution in [0.1, 0.15) is 6.42 Å². The van der Waals surface area contributed by atoms with Crippen molar-refractivity contribution < 1.29 is 13.6 Å². The summed E-state index contributed by atoms with van der Waals surface area (Å²) in [5.41, 5.74) is 0. The van der Waals surface area contributed by atoms with E-state index in [-0.39, 0.29) is 0 Å². The Balaban J connectivity index is 1.96. The maximum Gasteiger partial charge on any atom is 0.334 e. The summed E-state index contributed by atoms with van der Waals surface area (Å²) in [7, 11) is 3.77. The van der Waals surface area contributed by atoms with Crippen molar-refractivity contribution in [2.24, 2.45) is 0 Å². The van der Waals surface area contributed by atoms with E-state index < -0.39 is 8.56 Å². The third-order valence-electron chi connectivity index (χ3n) is 3.93. The minimum absolute atomic E-state index is 0.809. The molecule has 5 nitrogen and oxygen atoms in total. The summed E-state index contributed by atoms with van der Waals surface area (Å²) in [6.07, 6.45) is 1.02. The summed E-state index contributed by atoms with van der Waals surface area (Å²) in [6, 6.07) is 0.995. The van der Waals surface area contributed by atoms with Crippen molar-refractivity contribution in [3.8, 4) is 0 Å². The predicted octanol–water partition coefficient (Wildman–Crippen LogP) is 1.01. The summed E-state index contributed by atoms with van der Waals surface area (Å²) in [6.45, 7) is 9.47. The molecule has 0 radical (unpaired) electrons. The van der Waals surface area contributed by atoms with E-state index in [0.717, 1.165) is 45.3 Å². The molecule has 0 N–H and O–H groups in total. The van der Waals surface area contributed by atoms with Gasteiger partial charge in [-0.1, -0.05) is 0 Å². The van der Waals surface area contributed by atoms with Gasteiger partial charge in [0.15, 0.2) is 0 Å². The minimum atomic E-state index is -1.89. The fourth-order valence-electron chi connectivity index (χ4n) is 2.15. The van der Waals surface area contributed by atoms with E-state index in [9.17, 15) is 0 Å². The molecule has 0 aromatic carbocycles. The van der Waals surface area contributed by atoms with E-state index >= 15 is 0 Å². The third kappa shape index (κ3) is 6.83. The Morgan fingerprint density at radius 2 is 1.63 bits per heavy atom. The molecule has 0 spiro atoms. The first-order valence-corrected chi connectivity index (χ1v) is 9.71. The maximum absolute atomic E-state index is 5.70. The Morgan fingerprint density at radius 3 is 2.21 bits per heavy atom. The lowest BCUT2D eigenvalue weighted by molar-refractivity contribution is 0.0812. The first-order valence-electron chi connectivity index (χ1n) is 7.18. The van der Waals surface area contributed by atoms with Gasteiger partial charge in [0.2, 0.25) is 0 Å². The van der Waals surface area contributed by atoms with Crippen molar-refractivity contribution in [1.82, 2.24) is 9.80 Å². The zero-order valence-corrected chi connectivity index (χ0v) is 14.0. The van der Waals surface area contributed by atoms with Crippen molar-refractivity contribution >= 4 is 8.56 Å². The minimum Gasteiger partial charge on any atom is -0.398 e. The zero-order valence-electron chi connectivity index (χ0n) is 13.0. The van der Waals surface area contributed by atoms with E-state index in [4.69, 9.17) is 13.6 Å². The molecule has 0 aliphatic carbocycles. The molecule has 1 rings (SSSR count). The van der Waals surface area contributed by atoms with E-state index in [2.05, 4.69) is 23.4 Å². The van der Waals surface area contributed by atoms with Gasteiger partial charge in [-0.15, -0.1) is 0 Å². The van der Waals surface area contributed by atoms with Crippen molar-refractivity contribution in [2.75, 3.05) is 67.2 Å². The number of hydrogen-bond acceptors (Lipinski definition) is 5. The van der Waals surface area contributed by atoms with Crippen LogP contribution in [0.2, 0.25) is 12.6 Å². The Labute approximate surface area is 119 Å². The molecule has 0 saturated carbocycles. The Hall–Kier alpha value is 0.0169. The van der Waals surface area contributed by atoms with Gasteiger partial charge < -0.3 is 18.5 Å². The molecule has 114 valence electrons. The standard InChI is InChI=1S/C13H30N2O3Si/c1-14-6-8-15(9-7-14)10-12-18-11-5-13-19(4,16-2)17-3/h5-13H2,1-4H3. The molecule has 6 heteroatoms. The monoisotopic (exact) mass is 290 g/mol. The summed E-state index contributed by atoms with van der Waals surface area (Å²) >= 11 is 0. The molecule has 1 fully saturated rings. The second-order valence-electron chi connectivity index (χ2n) is 5.40. The Morgan fingerprint density at radius 1 is 1.00 bits per heavy atom. The molecule has 0 atom stereocenters. The van der Waals surface area contributed by atoms with Crippen LogP contribution in [0, 0.1) is 0 Å². The van der Waals surface area contributed by atoms with Gasteiger partial charge in [-0.05, 0) is 26.1 Å². The molecule has 0 aromatic rings. The first kappa shape index (κ1) is 17.1. The van der Waals surface area contributed by atoms with Gasteiger partial charge in [0.25, 0.3) is 0 Å². The molecule has 0 amide bonds. The number of rotatable bonds is 9. The number of nitrogens with zero attached hydrogens (tertiary/aromatic N) is 2. The lowest BCUT2D eigenvalue weighted by atomic mass is 10.3. The molecule has 1 heterocycles. The summed E-state index contributed by atoms with van der Waals surface area (Å²) in [4.78, 5) is 4.85. The average Bonchev–Trinajstić information content (AvgIpc) is 2.44. The predicted molar refractivity (Wildman–Crippen MR) is 79.8 cm³/mol. The Kier molecular flexibility index (Phi) is 8.13. The van der Waals surface area contributed by atoms with Crippen LogP contribution in [-0.2, 0) is 13.6 Å². The van der Waals surface area contributed by atoms with E-state index in [0.29, 0.717) is 0 Å². The van der Waals surface area contributed by atoms with Crippen LogP contribution >= 0.6 is 0 Å². The normalized spacial score (nSPS) is 18.9. The van der Waals surface area contributed by atoms with Gasteiger partial charge in [-0.2, -0.15) is 0 Å². The molecular weight excluding hydrogens is 260 g/mol. The number of piperazine rings is 1. The van der Waals surface area contributed by atoms with E-state index in [1.165, 1.54) is 13.1 Å². The molecule has 0 bridgehead atoms. The quantitative estimate of drug-likeness (QED) is 0.467. The van der Waals surface area contributed by atoms with Crippen LogP contribution in [0.3, 0.4) is 0 Å². The molecule has 1 saturated heterocycles. The highest BCUT2D eigenvalue weighted by atomic mass is 28.4. The largest absolute Gasteiger partial charge is 0.398 e. The number of likely N-dealkylation sites (N-methyl/N-ethyl adjacent to an activating group) is 1. The fourth-order valence-corrected chi connectivity index (χ4v) is 3.51. The smallest absolute Gasteiger partial charge is 0.334 e. The fraction of sp³-hybridized carbons (Fsp3) is 1.00. The SMILES string of the molecule is CO[Si](C)(CCCOCCN1CCN(C)CC1)OC. The lowest BCUT2D eigenvalue weighted by Crippen LogP contribution is -2.45. The van der Waals surface area contributed by atoms with Crippen molar-refractivity contribution in [2.45, 2.75) is 19.0 Å². The molecular formula is C13H30N2O3Si. The summed E-state index contributed by atoms with van der Waals surface area (Å²) in [5, 5.41) is 0. The highest BCUT2D eigenvalue weighted by Crippen LogP contribution is 2.13. The zero-order chi connectivity index (χ0) is 14.1. The second-order valence-corrected chi connectivity index (χ2v) is 8.99. The van der Waals surface area contributed by atoms with Crippen LogP contribution in [0.4, 0.5) is 0 Å². The van der Waals surface area contributed by atoms with Crippen molar-refractivity contribution in [3.63, 3.8) is 0 Å².